The predicted molar refractivity (Wildman–Crippen MR) is 98.7 cm³/mol. The molecule has 24 heavy (non-hydrogen) atoms. The highest BCUT2D eigenvalue weighted by molar-refractivity contribution is 7.07. The minimum atomic E-state index is -0.357. The first-order valence-electron chi connectivity index (χ1n) is 8.50. The minimum absolute atomic E-state index is 0.135. The molecule has 0 aliphatic heterocycles. The van der Waals surface area contributed by atoms with Crippen LogP contribution in [0.25, 0.3) is 0 Å². The van der Waals surface area contributed by atoms with Gasteiger partial charge in [-0.05, 0) is 18.6 Å². The second-order valence-corrected chi connectivity index (χ2v) is 6.51. The van der Waals surface area contributed by atoms with Gasteiger partial charge in [-0.15, -0.1) is 11.3 Å². The number of anilines is 1. The van der Waals surface area contributed by atoms with Crippen LogP contribution in [0.15, 0.2) is 29.6 Å². The van der Waals surface area contributed by atoms with E-state index >= 15 is 0 Å². The Kier molecular flexibility index (Phi) is 7.68. The summed E-state index contributed by atoms with van der Waals surface area (Å²) in [7, 11) is 0. The Morgan fingerprint density at radius 1 is 1.17 bits per heavy atom. The van der Waals surface area contributed by atoms with E-state index < -0.39 is 0 Å². The zero-order chi connectivity index (χ0) is 17.2. The van der Waals surface area contributed by atoms with Gasteiger partial charge in [0.25, 0.3) is 5.69 Å². The average Bonchev–Trinajstić information content (AvgIpc) is 3.11. The fraction of sp³-hybridized carbons (Fsp3) is 0.500. The molecule has 0 aliphatic carbocycles. The standard InChI is InChI=1S/C18H24N3O2S/c1-2-3-4-5-6-12-20(13-11-16-14-24-15-19-16)17-7-9-18(10-8-17)21(22)23/h7-10,14H,2-6,11-13H2,1H3. The van der Waals surface area contributed by atoms with Gasteiger partial charge in [-0.1, -0.05) is 32.6 Å². The van der Waals surface area contributed by atoms with Gasteiger partial charge in [-0.3, -0.25) is 10.1 Å². The Bertz CT molecular complexity index is 599. The molecule has 0 saturated carbocycles. The number of nitro benzene ring substituents is 1. The van der Waals surface area contributed by atoms with Crippen molar-refractivity contribution in [2.75, 3.05) is 18.0 Å². The fourth-order valence-corrected chi connectivity index (χ4v) is 3.16. The maximum atomic E-state index is 10.8. The molecular formula is C18H24N3O2S. The second kappa shape index (κ2) is 10.0. The van der Waals surface area contributed by atoms with Crippen LogP contribution in [0.2, 0.25) is 0 Å². The van der Waals surface area contributed by atoms with Crippen molar-refractivity contribution in [2.45, 2.75) is 45.4 Å². The van der Waals surface area contributed by atoms with E-state index in [0.717, 1.165) is 37.3 Å². The molecule has 2 rings (SSSR count). The number of nitro groups is 1. The lowest BCUT2D eigenvalue weighted by Crippen LogP contribution is -2.27. The van der Waals surface area contributed by atoms with E-state index in [9.17, 15) is 10.1 Å². The van der Waals surface area contributed by atoms with Crippen molar-refractivity contribution in [3.05, 3.63) is 51.0 Å². The molecular weight excluding hydrogens is 322 g/mol. The fourth-order valence-electron chi connectivity index (χ4n) is 2.63. The summed E-state index contributed by atoms with van der Waals surface area (Å²) in [6.45, 7) is 4.05. The zero-order valence-corrected chi connectivity index (χ0v) is 14.9. The number of nitrogens with zero attached hydrogens (tertiary/aromatic N) is 3. The molecule has 0 spiro atoms. The van der Waals surface area contributed by atoms with Crippen molar-refractivity contribution in [2.24, 2.45) is 0 Å². The number of non-ortho nitro benzene ring substituents is 1. The lowest BCUT2D eigenvalue weighted by atomic mass is 10.1. The van der Waals surface area contributed by atoms with Crippen LogP contribution in [-0.2, 0) is 6.42 Å². The lowest BCUT2D eigenvalue weighted by Gasteiger charge is -2.24. The van der Waals surface area contributed by atoms with Crippen LogP contribution in [0.3, 0.4) is 0 Å². The van der Waals surface area contributed by atoms with Crippen LogP contribution in [0.1, 0.15) is 44.7 Å². The number of aromatic nitrogens is 1. The normalized spacial score (nSPS) is 10.7. The van der Waals surface area contributed by atoms with Crippen LogP contribution in [0.4, 0.5) is 11.4 Å². The molecule has 0 unspecified atom stereocenters. The van der Waals surface area contributed by atoms with Crippen LogP contribution in [0, 0.1) is 15.6 Å². The molecule has 0 amide bonds. The van der Waals surface area contributed by atoms with Gasteiger partial charge >= 0.3 is 0 Å². The van der Waals surface area contributed by atoms with Gasteiger partial charge in [0, 0.05) is 42.7 Å². The van der Waals surface area contributed by atoms with Crippen molar-refractivity contribution >= 4 is 22.7 Å². The van der Waals surface area contributed by atoms with Gasteiger partial charge in [-0.2, -0.15) is 0 Å². The number of hydrogen-bond acceptors (Lipinski definition) is 5. The molecule has 0 bridgehead atoms. The number of benzene rings is 1. The summed E-state index contributed by atoms with van der Waals surface area (Å²) < 4.78 is 0. The molecule has 0 saturated heterocycles. The van der Waals surface area contributed by atoms with E-state index in [4.69, 9.17) is 0 Å². The van der Waals surface area contributed by atoms with Gasteiger partial charge in [0.2, 0.25) is 0 Å². The molecule has 129 valence electrons. The summed E-state index contributed by atoms with van der Waals surface area (Å²) in [5.41, 5.74) is 5.10. The first-order chi connectivity index (χ1) is 11.7. The van der Waals surface area contributed by atoms with E-state index in [1.807, 2.05) is 17.5 Å². The summed E-state index contributed by atoms with van der Waals surface area (Å²) in [4.78, 5) is 17.0. The van der Waals surface area contributed by atoms with E-state index in [0.29, 0.717) is 0 Å². The second-order valence-electron chi connectivity index (χ2n) is 5.85. The van der Waals surface area contributed by atoms with Crippen LogP contribution >= 0.6 is 11.3 Å². The Morgan fingerprint density at radius 3 is 2.54 bits per heavy atom. The maximum absolute atomic E-state index is 10.8. The van der Waals surface area contributed by atoms with Crippen molar-refractivity contribution in [3.8, 4) is 0 Å². The number of rotatable bonds is 11. The summed E-state index contributed by atoms with van der Waals surface area (Å²) >= 11 is 1.49. The zero-order valence-electron chi connectivity index (χ0n) is 14.1. The third-order valence-corrected chi connectivity index (χ3v) is 4.62. The molecule has 5 nitrogen and oxygen atoms in total. The monoisotopic (exact) mass is 346 g/mol. The summed E-state index contributed by atoms with van der Waals surface area (Å²) in [5, 5.41) is 12.8. The SMILES string of the molecule is CCCCCCCN(CCc1cs[c]n1)c1ccc([N+](=O)[O-])cc1. The molecule has 1 heterocycles. The molecule has 1 radical (unpaired) electrons. The molecule has 1 aromatic carbocycles. The quantitative estimate of drug-likeness (QED) is 0.331. The minimum Gasteiger partial charge on any atom is -0.371 e. The summed E-state index contributed by atoms with van der Waals surface area (Å²) in [5.74, 6) is 0. The highest BCUT2D eigenvalue weighted by Crippen LogP contribution is 2.20. The van der Waals surface area contributed by atoms with Crippen molar-refractivity contribution < 1.29 is 4.92 Å². The average molecular weight is 346 g/mol. The topological polar surface area (TPSA) is 59.3 Å². The van der Waals surface area contributed by atoms with Gasteiger partial charge in [0.05, 0.1) is 10.6 Å². The highest BCUT2D eigenvalue weighted by atomic mass is 32.1. The van der Waals surface area contributed by atoms with Gasteiger partial charge in [0.15, 0.2) is 5.51 Å². The first kappa shape index (κ1) is 18.4. The molecule has 0 N–H and O–H groups in total. The Hall–Kier alpha value is -1.95. The van der Waals surface area contributed by atoms with Crippen molar-refractivity contribution in [1.29, 1.82) is 0 Å². The van der Waals surface area contributed by atoms with E-state index in [-0.39, 0.29) is 10.6 Å². The van der Waals surface area contributed by atoms with Gasteiger partial charge in [0.1, 0.15) is 0 Å². The smallest absolute Gasteiger partial charge is 0.269 e. The number of thiazole rings is 1. The molecule has 1 aromatic heterocycles. The molecule has 6 heteroatoms. The Labute approximate surface area is 147 Å². The number of hydrogen-bond donors (Lipinski definition) is 0. The number of unbranched alkanes of at least 4 members (excludes halogenated alkanes) is 4. The summed E-state index contributed by atoms with van der Waals surface area (Å²) in [6.07, 6.45) is 7.03. The highest BCUT2D eigenvalue weighted by Gasteiger charge is 2.10. The van der Waals surface area contributed by atoms with E-state index in [1.54, 1.807) is 12.1 Å². The van der Waals surface area contributed by atoms with Crippen LogP contribution in [-0.4, -0.2) is 23.0 Å². The third kappa shape index (κ3) is 5.92. The largest absolute Gasteiger partial charge is 0.371 e. The van der Waals surface area contributed by atoms with Crippen molar-refractivity contribution in [3.63, 3.8) is 0 Å². The molecule has 0 aliphatic rings. The van der Waals surface area contributed by atoms with E-state index in [2.05, 4.69) is 22.3 Å². The maximum Gasteiger partial charge on any atom is 0.269 e. The Balaban J connectivity index is 1.96. The van der Waals surface area contributed by atoms with Crippen LogP contribution in [0.5, 0.6) is 0 Å². The molecule has 0 fully saturated rings. The molecule has 0 atom stereocenters. The van der Waals surface area contributed by atoms with E-state index in [1.165, 1.54) is 37.0 Å². The summed E-state index contributed by atoms with van der Waals surface area (Å²) in [6, 6.07) is 6.85. The first-order valence-corrected chi connectivity index (χ1v) is 9.38. The Morgan fingerprint density at radius 2 is 1.92 bits per heavy atom. The van der Waals surface area contributed by atoms with Crippen LogP contribution < -0.4 is 4.90 Å². The lowest BCUT2D eigenvalue weighted by molar-refractivity contribution is -0.384. The van der Waals surface area contributed by atoms with Gasteiger partial charge < -0.3 is 4.90 Å². The molecule has 2 aromatic rings. The van der Waals surface area contributed by atoms with Crippen molar-refractivity contribution in [1.82, 2.24) is 4.98 Å². The predicted octanol–water partition coefficient (Wildman–Crippen LogP) is 4.87. The third-order valence-electron chi connectivity index (χ3n) is 4.03. The van der Waals surface area contributed by atoms with Gasteiger partial charge in [-0.25, -0.2) is 4.98 Å².